The third-order valence-corrected chi connectivity index (χ3v) is 14.9. The summed E-state index contributed by atoms with van der Waals surface area (Å²) in [5, 5.41) is 0. The second-order valence-electron chi connectivity index (χ2n) is 7.52. The highest BCUT2D eigenvalue weighted by molar-refractivity contribution is 6.80. The predicted octanol–water partition coefficient (Wildman–Crippen LogP) is 6.42. The smallest absolute Gasteiger partial charge is 0.292 e. The van der Waals surface area contributed by atoms with Gasteiger partial charge < -0.3 is 8.85 Å². The Labute approximate surface area is 163 Å². The van der Waals surface area contributed by atoms with Crippen molar-refractivity contribution in [3.8, 4) is 0 Å². The molecule has 0 amide bonds. The summed E-state index contributed by atoms with van der Waals surface area (Å²) < 4.78 is 12.3. The SMILES string of the molecule is CCC[Si](CCC)(CC[Si](CCC)(CCC)OC(=O)CC)OC(=O)CC. The molecule has 0 heterocycles. The van der Waals surface area contributed by atoms with Crippen molar-refractivity contribution in [1.82, 2.24) is 0 Å². The molecule has 26 heavy (non-hydrogen) atoms. The molecule has 0 aliphatic carbocycles. The van der Waals surface area contributed by atoms with Gasteiger partial charge in [0, 0.05) is 12.8 Å². The van der Waals surface area contributed by atoms with Gasteiger partial charge in [0.05, 0.1) is 0 Å². The molecule has 0 saturated heterocycles. The molecule has 4 nitrogen and oxygen atoms in total. The van der Waals surface area contributed by atoms with E-state index in [1.807, 2.05) is 13.8 Å². The second kappa shape index (κ2) is 13.5. The summed E-state index contributed by atoms with van der Waals surface area (Å²) >= 11 is 0. The van der Waals surface area contributed by atoms with Crippen molar-refractivity contribution >= 4 is 28.6 Å². The van der Waals surface area contributed by atoms with Crippen molar-refractivity contribution in [1.29, 1.82) is 0 Å². The van der Waals surface area contributed by atoms with E-state index in [-0.39, 0.29) is 11.9 Å². The van der Waals surface area contributed by atoms with Gasteiger partial charge in [0.1, 0.15) is 0 Å². The Hall–Kier alpha value is -0.626. The molecule has 6 heteroatoms. The quantitative estimate of drug-likeness (QED) is 0.296. The zero-order valence-corrected chi connectivity index (χ0v) is 20.1. The van der Waals surface area contributed by atoms with Crippen LogP contribution in [0.5, 0.6) is 0 Å². The summed E-state index contributed by atoms with van der Waals surface area (Å²) in [6, 6.07) is 6.02. The fourth-order valence-electron chi connectivity index (χ4n) is 3.96. The van der Waals surface area contributed by atoms with Crippen molar-refractivity contribution in [2.24, 2.45) is 0 Å². The van der Waals surface area contributed by atoms with Gasteiger partial charge in [-0.3, -0.25) is 9.59 Å². The number of hydrogen-bond acceptors (Lipinski definition) is 4. The Morgan fingerprint density at radius 1 is 0.538 bits per heavy atom. The molecule has 0 aromatic heterocycles. The van der Waals surface area contributed by atoms with E-state index in [1.165, 1.54) is 0 Å². The lowest BCUT2D eigenvalue weighted by atomic mass is 10.5. The molecule has 0 bridgehead atoms. The predicted molar refractivity (Wildman–Crippen MR) is 114 cm³/mol. The summed E-state index contributed by atoms with van der Waals surface area (Å²) in [6.07, 6.45) is 5.09. The Morgan fingerprint density at radius 3 is 1.00 bits per heavy atom. The Morgan fingerprint density at radius 2 is 0.808 bits per heavy atom. The standard InChI is InChI=1S/C20H42O4Si2/c1-7-13-25(14-8-2,23-19(21)11-5)17-18-26(15-9-3,16-10-4)24-20(22)12-6/h7-18H2,1-6H3. The van der Waals surface area contributed by atoms with Gasteiger partial charge in [0.15, 0.2) is 0 Å². The van der Waals surface area contributed by atoms with E-state index in [1.54, 1.807) is 0 Å². The van der Waals surface area contributed by atoms with Gasteiger partial charge in [-0.2, -0.15) is 0 Å². The summed E-state index contributed by atoms with van der Waals surface area (Å²) in [5.41, 5.74) is 0. The first kappa shape index (κ1) is 25.4. The zero-order valence-electron chi connectivity index (χ0n) is 18.1. The highest BCUT2D eigenvalue weighted by Crippen LogP contribution is 2.35. The average molecular weight is 403 g/mol. The van der Waals surface area contributed by atoms with E-state index in [2.05, 4.69) is 27.7 Å². The molecular weight excluding hydrogens is 360 g/mol. The fraction of sp³-hybridized carbons (Fsp3) is 0.900. The van der Waals surface area contributed by atoms with E-state index in [4.69, 9.17) is 8.85 Å². The molecule has 0 rings (SSSR count). The number of rotatable bonds is 15. The third-order valence-electron chi connectivity index (χ3n) is 5.10. The van der Waals surface area contributed by atoms with E-state index in [0.717, 1.165) is 61.9 Å². The van der Waals surface area contributed by atoms with Crippen LogP contribution >= 0.6 is 0 Å². The number of hydrogen-bond donors (Lipinski definition) is 0. The lowest BCUT2D eigenvalue weighted by Gasteiger charge is -2.36. The van der Waals surface area contributed by atoms with Gasteiger partial charge in [0.2, 0.25) is 0 Å². The molecule has 0 spiro atoms. The molecule has 0 aliphatic rings. The summed E-state index contributed by atoms with van der Waals surface area (Å²) in [4.78, 5) is 24.2. The molecule has 0 aliphatic heterocycles. The molecular formula is C20H42O4Si2. The van der Waals surface area contributed by atoms with Crippen LogP contribution in [0.15, 0.2) is 0 Å². The van der Waals surface area contributed by atoms with E-state index >= 15 is 0 Å². The molecule has 0 saturated carbocycles. The van der Waals surface area contributed by atoms with Crippen molar-refractivity contribution in [3.05, 3.63) is 0 Å². The van der Waals surface area contributed by atoms with Crippen LogP contribution in [0.4, 0.5) is 0 Å². The van der Waals surface area contributed by atoms with Gasteiger partial charge in [-0.05, 0) is 36.3 Å². The van der Waals surface area contributed by atoms with Gasteiger partial charge in [-0.15, -0.1) is 0 Å². The van der Waals surface area contributed by atoms with Crippen molar-refractivity contribution in [3.63, 3.8) is 0 Å². The topological polar surface area (TPSA) is 52.6 Å². The van der Waals surface area contributed by atoms with Crippen molar-refractivity contribution in [2.45, 2.75) is 116 Å². The summed E-state index contributed by atoms with van der Waals surface area (Å²) in [5.74, 6) is -0.107. The molecule has 0 fully saturated rings. The maximum Gasteiger partial charge on any atom is 0.292 e. The first-order valence-corrected chi connectivity index (χ1v) is 15.9. The Kier molecular flexibility index (Phi) is 13.2. The van der Waals surface area contributed by atoms with Crippen LogP contribution in [0, 0.1) is 0 Å². The van der Waals surface area contributed by atoms with Crippen molar-refractivity contribution in [2.75, 3.05) is 0 Å². The van der Waals surface area contributed by atoms with Crippen LogP contribution in [-0.4, -0.2) is 28.6 Å². The van der Waals surface area contributed by atoms with Crippen LogP contribution in [-0.2, 0) is 18.4 Å². The lowest BCUT2D eigenvalue weighted by molar-refractivity contribution is -0.136. The summed E-state index contributed by atoms with van der Waals surface area (Å²) in [6.45, 7) is 12.5. The fourth-order valence-corrected chi connectivity index (χ4v) is 14.6. The third kappa shape index (κ3) is 8.84. The molecule has 154 valence electrons. The molecule has 0 unspecified atom stereocenters. The Balaban J connectivity index is 5.50. The molecule has 0 atom stereocenters. The minimum atomic E-state index is -2.11. The minimum Gasteiger partial charge on any atom is -0.519 e. The van der Waals surface area contributed by atoms with Crippen LogP contribution < -0.4 is 0 Å². The first-order chi connectivity index (χ1) is 12.4. The molecule has 0 aromatic rings. The number of carbonyl (C=O) groups excluding carboxylic acids is 2. The van der Waals surface area contributed by atoms with E-state index in [0.29, 0.717) is 12.8 Å². The highest BCUT2D eigenvalue weighted by Gasteiger charge is 2.43. The van der Waals surface area contributed by atoms with Crippen LogP contribution in [0.1, 0.15) is 80.1 Å². The largest absolute Gasteiger partial charge is 0.519 e. The monoisotopic (exact) mass is 402 g/mol. The maximum absolute atomic E-state index is 12.1. The second-order valence-corrected chi connectivity index (χ2v) is 15.7. The van der Waals surface area contributed by atoms with Crippen LogP contribution in [0.2, 0.25) is 36.3 Å². The lowest BCUT2D eigenvalue weighted by Crippen LogP contribution is -2.46. The van der Waals surface area contributed by atoms with Gasteiger partial charge >= 0.3 is 0 Å². The molecule has 0 radical (unpaired) electrons. The van der Waals surface area contributed by atoms with Crippen molar-refractivity contribution < 1.29 is 18.4 Å². The molecule has 0 aromatic carbocycles. The highest BCUT2D eigenvalue weighted by atomic mass is 28.4. The number of carbonyl (C=O) groups is 2. The Bertz CT molecular complexity index is 363. The normalized spacial score (nSPS) is 12.1. The molecule has 0 N–H and O–H groups in total. The zero-order chi connectivity index (χ0) is 20.1. The van der Waals surface area contributed by atoms with Gasteiger partial charge in [-0.1, -0.05) is 67.2 Å². The average Bonchev–Trinajstić information content (AvgIpc) is 2.60. The van der Waals surface area contributed by atoms with Crippen LogP contribution in [0.3, 0.4) is 0 Å². The van der Waals surface area contributed by atoms with E-state index < -0.39 is 16.6 Å². The minimum absolute atomic E-state index is 0.0534. The first-order valence-electron chi connectivity index (χ1n) is 10.8. The van der Waals surface area contributed by atoms with Gasteiger partial charge in [-0.25, -0.2) is 0 Å². The maximum atomic E-state index is 12.1. The van der Waals surface area contributed by atoms with Crippen LogP contribution in [0.25, 0.3) is 0 Å². The van der Waals surface area contributed by atoms with Gasteiger partial charge in [0.25, 0.3) is 28.6 Å². The summed E-state index contributed by atoms with van der Waals surface area (Å²) in [7, 11) is -4.23. The van der Waals surface area contributed by atoms with E-state index in [9.17, 15) is 9.59 Å².